The summed E-state index contributed by atoms with van der Waals surface area (Å²) in [5.74, 6) is 2.30. The van der Waals surface area contributed by atoms with Crippen LogP contribution in [-0.4, -0.2) is 41.9 Å². The number of benzene rings is 1. The Balaban J connectivity index is 1.79. The van der Waals surface area contributed by atoms with Gasteiger partial charge in [0.15, 0.2) is 0 Å². The van der Waals surface area contributed by atoms with Crippen LogP contribution in [0.15, 0.2) is 12.1 Å². The molecule has 7 heteroatoms. The maximum absolute atomic E-state index is 12.0. The minimum atomic E-state index is -0.0719. The van der Waals surface area contributed by atoms with E-state index in [1.54, 1.807) is 12.1 Å². The van der Waals surface area contributed by atoms with Crippen LogP contribution >= 0.6 is 35.0 Å². The molecule has 0 aromatic heterocycles. The quantitative estimate of drug-likeness (QED) is 0.802. The van der Waals surface area contributed by atoms with Crippen LogP contribution < -0.4 is 11.1 Å². The molecule has 1 aromatic rings. The predicted octanol–water partition coefficient (Wildman–Crippen LogP) is 3.34. The molecule has 4 nitrogen and oxygen atoms in total. The zero-order valence-corrected chi connectivity index (χ0v) is 14.0. The molecule has 0 radical (unpaired) electrons. The SMILES string of the molecule is Nc1cc(Cl)cc(Cl)c1NC(=O)CCCN1CCSCC1. The van der Waals surface area contributed by atoms with Crippen molar-refractivity contribution in [1.29, 1.82) is 0 Å². The van der Waals surface area contributed by atoms with Crippen molar-refractivity contribution in [2.75, 3.05) is 42.2 Å². The second kappa shape index (κ2) is 8.13. The van der Waals surface area contributed by atoms with Crippen molar-refractivity contribution in [3.8, 4) is 0 Å². The fourth-order valence-electron chi connectivity index (χ4n) is 2.22. The summed E-state index contributed by atoms with van der Waals surface area (Å²) in [5, 5.41) is 3.59. The van der Waals surface area contributed by atoms with Gasteiger partial charge in [0.05, 0.1) is 16.4 Å². The Kier molecular flexibility index (Phi) is 6.48. The number of anilines is 2. The second-order valence-electron chi connectivity index (χ2n) is 4.96. The van der Waals surface area contributed by atoms with E-state index in [-0.39, 0.29) is 5.91 Å². The Bertz CT molecular complexity index is 484. The number of hydrogen-bond donors (Lipinski definition) is 2. The van der Waals surface area contributed by atoms with Gasteiger partial charge in [0, 0.05) is 36.0 Å². The van der Waals surface area contributed by atoms with E-state index >= 15 is 0 Å². The molecule has 3 N–H and O–H groups in total. The lowest BCUT2D eigenvalue weighted by Gasteiger charge is -2.25. The van der Waals surface area contributed by atoms with Gasteiger partial charge in [-0.15, -0.1) is 0 Å². The summed E-state index contributed by atoms with van der Waals surface area (Å²) >= 11 is 13.9. The highest BCUT2D eigenvalue weighted by atomic mass is 35.5. The summed E-state index contributed by atoms with van der Waals surface area (Å²) in [4.78, 5) is 14.4. The van der Waals surface area contributed by atoms with E-state index in [0.717, 1.165) is 26.1 Å². The van der Waals surface area contributed by atoms with E-state index in [2.05, 4.69) is 10.2 Å². The molecule has 1 aliphatic rings. The molecule has 0 spiro atoms. The minimum absolute atomic E-state index is 0.0719. The number of nitrogens with two attached hydrogens (primary N) is 1. The van der Waals surface area contributed by atoms with Crippen LogP contribution in [0.1, 0.15) is 12.8 Å². The van der Waals surface area contributed by atoms with E-state index in [4.69, 9.17) is 28.9 Å². The van der Waals surface area contributed by atoms with Gasteiger partial charge in [-0.1, -0.05) is 23.2 Å². The van der Waals surface area contributed by atoms with Crippen LogP contribution in [0.3, 0.4) is 0 Å². The number of nitrogens with one attached hydrogen (secondary N) is 1. The van der Waals surface area contributed by atoms with Gasteiger partial charge in [0.1, 0.15) is 0 Å². The largest absolute Gasteiger partial charge is 0.397 e. The van der Waals surface area contributed by atoms with Crippen molar-refractivity contribution in [3.63, 3.8) is 0 Å². The van der Waals surface area contributed by atoms with Crippen LogP contribution in [-0.2, 0) is 4.79 Å². The summed E-state index contributed by atoms with van der Waals surface area (Å²) in [6.07, 6.45) is 1.30. The van der Waals surface area contributed by atoms with Crippen molar-refractivity contribution in [2.45, 2.75) is 12.8 Å². The van der Waals surface area contributed by atoms with Crippen molar-refractivity contribution in [3.05, 3.63) is 22.2 Å². The average molecular weight is 348 g/mol. The first-order chi connectivity index (χ1) is 10.1. The number of hydrogen-bond acceptors (Lipinski definition) is 4. The van der Waals surface area contributed by atoms with Gasteiger partial charge in [0.2, 0.25) is 5.91 Å². The van der Waals surface area contributed by atoms with Gasteiger partial charge in [-0.3, -0.25) is 4.79 Å². The van der Waals surface area contributed by atoms with Crippen molar-refractivity contribution < 1.29 is 4.79 Å². The molecule has 0 saturated carbocycles. The van der Waals surface area contributed by atoms with Crippen molar-refractivity contribution in [1.82, 2.24) is 4.90 Å². The molecule has 21 heavy (non-hydrogen) atoms. The summed E-state index contributed by atoms with van der Waals surface area (Å²) in [7, 11) is 0. The highest BCUT2D eigenvalue weighted by Gasteiger charge is 2.13. The fourth-order valence-corrected chi connectivity index (χ4v) is 3.75. The topological polar surface area (TPSA) is 58.4 Å². The van der Waals surface area contributed by atoms with Crippen LogP contribution in [0.5, 0.6) is 0 Å². The van der Waals surface area contributed by atoms with Crippen LogP contribution in [0.2, 0.25) is 10.0 Å². The molecule has 1 aromatic carbocycles. The molecular formula is C14H19Cl2N3OS. The molecular weight excluding hydrogens is 329 g/mol. The number of nitrogen functional groups attached to an aromatic ring is 1. The molecule has 1 aliphatic heterocycles. The third-order valence-electron chi connectivity index (χ3n) is 3.33. The number of carbonyl (C=O) groups is 1. The molecule has 1 amide bonds. The van der Waals surface area contributed by atoms with Gasteiger partial charge < -0.3 is 16.0 Å². The van der Waals surface area contributed by atoms with Crippen LogP contribution in [0.4, 0.5) is 11.4 Å². The maximum Gasteiger partial charge on any atom is 0.224 e. The maximum atomic E-state index is 12.0. The molecule has 1 saturated heterocycles. The number of rotatable bonds is 5. The standard InChI is InChI=1S/C14H19Cl2N3OS/c15-10-8-11(16)14(12(17)9-10)18-13(20)2-1-3-19-4-6-21-7-5-19/h8-9H,1-7,17H2,(H,18,20). The fraction of sp³-hybridized carbons (Fsp3) is 0.500. The Labute approximate surface area is 139 Å². The molecule has 0 aliphatic carbocycles. The number of halogens is 2. The molecule has 1 heterocycles. The third kappa shape index (κ3) is 5.25. The average Bonchev–Trinajstić information content (AvgIpc) is 2.44. The predicted molar refractivity (Wildman–Crippen MR) is 92.5 cm³/mol. The smallest absolute Gasteiger partial charge is 0.224 e. The number of amides is 1. The number of nitrogens with zero attached hydrogens (tertiary/aromatic N) is 1. The van der Waals surface area contributed by atoms with Crippen molar-refractivity contribution >= 4 is 52.2 Å². The monoisotopic (exact) mass is 347 g/mol. The zero-order chi connectivity index (χ0) is 15.2. The van der Waals surface area contributed by atoms with Crippen LogP contribution in [0, 0.1) is 0 Å². The normalized spacial score (nSPS) is 15.9. The van der Waals surface area contributed by atoms with Gasteiger partial charge >= 0.3 is 0 Å². The van der Waals surface area contributed by atoms with E-state index in [1.807, 2.05) is 11.8 Å². The molecule has 1 fully saturated rings. The van der Waals surface area contributed by atoms with Gasteiger partial charge in [0.25, 0.3) is 0 Å². The lowest BCUT2D eigenvalue weighted by Crippen LogP contribution is -2.33. The van der Waals surface area contributed by atoms with E-state index < -0.39 is 0 Å². The Morgan fingerprint density at radius 1 is 1.33 bits per heavy atom. The van der Waals surface area contributed by atoms with Gasteiger partial charge in [-0.25, -0.2) is 0 Å². The number of carbonyl (C=O) groups excluding carboxylic acids is 1. The lowest BCUT2D eigenvalue weighted by atomic mass is 10.2. The molecule has 0 bridgehead atoms. The Morgan fingerprint density at radius 2 is 2.05 bits per heavy atom. The van der Waals surface area contributed by atoms with E-state index in [1.165, 1.54) is 11.5 Å². The van der Waals surface area contributed by atoms with E-state index in [9.17, 15) is 4.79 Å². The molecule has 116 valence electrons. The molecule has 0 unspecified atom stereocenters. The second-order valence-corrected chi connectivity index (χ2v) is 7.03. The van der Waals surface area contributed by atoms with Gasteiger partial charge in [-0.05, 0) is 25.1 Å². The first-order valence-electron chi connectivity index (χ1n) is 6.91. The summed E-state index contributed by atoms with van der Waals surface area (Å²) in [6, 6.07) is 3.15. The summed E-state index contributed by atoms with van der Waals surface area (Å²) < 4.78 is 0. The molecule has 0 atom stereocenters. The minimum Gasteiger partial charge on any atom is -0.397 e. The highest BCUT2D eigenvalue weighted by molar-refractivity contribution is 7.99. The summed E-state index contributed by atoms with van der Waals surface area (Å²) in [6.45, 7) is 3.18. The Hall–Kier alpha value is -0.620. The zero-order valence-electron chi connectivity index (χ0n) is 11.7. The summed E-state index contributed by atoms with van der Waals surface area (Å²) in [5.41, 5.74) is 6.65. The van der Waals surface area contributed by atoms with E-state index in [0.29, 0.717) is 27.8 Å². The van der Waals surface area contributed by atoms with Crippen molar-refractivity contribution in [2.24, 2.45) is 0 Å². The Morgan fingerprint density at radius 3 is 2.71 bits per heavy atom. The first kappa shape index (κ1) is 16.7. The number of thioether (sulfide) groups is 1. The highest BCUT2D eigenvalue weighted by Crippen LogP contribution is 2.32. The third-order valence-corrected chi connectivity index (χ3v) is 4.79. The first-order valence-corrected chi connectivity index (χ1v) is 8.82. The van der Waals surface area contributed by atoms with Crippen LogP contribution in [0.25, 0.3) is 0 Å². The molecule has 2 rings (SSSR count). The van der Waals surface area contributed by atoms with Gasteiger partial charge in [-0.2, -0.15) is 11.8 Å². The lowest BCUT2D eigenvalue weighted by molar-refractivity contribution is -0.116.